The predicted molar refractivity (Wildman–Crippen MR) is 88.5 cm³/mol. The molecule has 0 N–H and O–H groups in total. The van der Waals surface area contributed by atoms with Gasteiger partial charge in [0.05, 0.1) is 0 Å². The van der Waals surface area contributed by atoms with Gasteiger partial charge in [-0.15, -0.1) is 0 Å². The number of carbonyl (C=O) groups is 1. The van der Waals surface area contributed by atoms with Crippen LogP contribution in [0.1, 0.15) is 45.3 Å². The average Bonchev–Trinajstić information content (AvgIpc) is 2.39. The summed E-state index contributed by atoms with van der Waals surface area (Å²) in [6, 6.07) is 8.02. The molecule has 1 aromatic rings. The molecule has 0 spiro atoms. The van der Waals surface area contributed by atoms with E-state index in [1.165, 1.54) is 0 Å². The first-order chi connectivity index (χ1) is 9.49. The second-order valence-electron chi connectivity index (χ2n) is 5.21. The number of hydrogen-bond acceptors (Lipinski definition) is 3. The Morgan fingerprint density at radius 2 is 1.95 bits per heavy atom. The minimum absolute atomic E-state index is 0.153. The fourth-order valence-electron chi connectivity index (χ4n) is 2.09. The van der Waals surface area contributed by atoms with E-state index in [2.05, 4.69) is 22.6 Å². The fourth-order valence-corrected chi connectivity index (χ4v) is 2.79. The van der Waals surface area contributed by atoms with Crippen LogP contribution in [0.3, 0.4) is 0 Å². The van der Waals surface area contributed by atoms with Gasteiger partial charge in [-0.2, -0.15) is 0 Å². The molecule has 0 unspecified atom stereocenters. The van der Waals surface area contributed by atoms with Crippen molar-refractivity contribution in [2.45, 2.75) is 45.8 Å². The van der Waals surface area contributed by atoms with Crippen molar-refractivity contribution in [3.05, 3.63) is 33.4 Å². The molecule has 0 fully saturated rings. The number of rotatable bonds is 7. The van der Waals surface area contributed by atoms with E-state index in [0.717, 1.165) is 15.6 Å². The van der Waals surface area contributed by atoms with Gasteiger partial charge in [0, 0.05) is 17.1 Å². The van der Waals surface area contributed by atoms with E-state index < -0.39 is 0 Å². The van der Waals surface area contributed by atoms with E-state index in [-0.39, 0.29) is 18.2 Å². The topological polar surface area (TPSA) is 35.5 Å². The van der Waals surface area contributed by atoms with E-state index >= 15 is 0 Å². The van der Waals surface area contributed by atoms with Crippen LogP contribution in [0.15, 0.2) is 24.3 Å². The first-order valence-electron chi connectivity index (χ1n) is 6.96. The third-order valence-electron chi connectivity index (χ3n) is 3.06. The van der Waals surface area contributed by atoms with Gasteiger partial charge in [0.1, 0.15) is 12.2 Å². The van der Waals surface area contributed by atoms with Crippen LogP contribution in [0, 0.1) is 9.49 Å². The Kier molecular flexibility index (Phi) is 7.51. The summed E-state index contributed by atoms with van der Waals surface area (Å²) in [5, 5.41) is 0. The molecule has 20 heavy (non-hydrogen) atoms. The maximum absolute atomic E-state index is 11.9. The van der Waals surface area contributed by atoms with Gasteiger partial charge in [-0.3, -0.25) is 4.79 Å². The highest BCUT2D eigenvalue weighted by atomic mass is 127. The van der Waals surface area contributed by atoms with Gasteiger partial charge >= 0.3 is 5.97 Å². The Morgan fingerprint density at radius 1 is 1.30 bits per heavy atom. The molecule has 2 atom stereocenters. The normalized spacial score (nSPS) is 14.1. The monoisotopic (exact) mass is 390 g/mol. The molecule has 1 rings (SSSR count). The number of benzene rings is 1. The molecule has 0 aliphatic heterocycles. The van der Waals surface area contributed by atoms with Gasteiger partial charge in [0.15, 0.2) is 0 Å². The number of carbonyl (C=O) groups excluding carboxylic acids is 1. The fraction of sp³-hybridized carbons (Fsp3) is 0.562. The first-order valence-corrected chi connectivity index (χ1v) is 8.04. The van der Waals surface area contributed by atoms with Gasteiger partial charge in [-0.25, -0.2) is 0 Å². The molecule has 0 bridgehead atoms. The lowest BCUT2D eigenvalue weighted by atomic mass is 10.0. The van der Waals surface area contributed by atoms with Crippen LogP contribution < -0.4 is 0 Å². The highest BCUT2D eigenvalue weighted by molar-refractivity contribution is 14.1. The molecule has 3 nitrogen and oxygen atoms in total. The number of methoxy groups -OCH3 is 1. The number of ether oxygens (including phenoxy) is 2. The minimum Gasteiger partial charge on any atom is -0.459 e. The Bertz CT molecular complexity index is 431. The Morgan fingerprint density at radius 3 is 2.45 bits per heavy atom. The summed E-state index contributed by atoms with van der Waals surface area (Å²) in [5.74, 6) is 0.151. The predicted octanol–water partition coefficient (Wildman–Crippen LogP) is 4.35. The number of esters is 1. The van der Waals surface area contributed by atoms with Crippen molar-refractivity contribution >= 4 is 28.6 Å². The lowest BCUT2D eigenvalue weighted by Gasteiger charge is -2.26. The molecule has 0 aliphatic rings. The van der Waals surface area contributed by atoms with Gasteiger partial charge in [0.2, 0.25) is 0 Å². The van der Waals surface area contributed by atoms with Gasteiger partial charge < -0.3 is 9.47 Å². The van der Waals surface area contributed by atoms with Gasteiger partial charge in [-0.05, 0) is 46.6 Å². The summed E-state index contributed by atoms with van der Waals surface area (Å²) in [4.78, 5) is 11.9. The summed E-state index contributed by atoms with van der Waals surface area (Å²) < 4.78 is 12.3. The van der Waals surface area contributed by atoms with E-state index in [1.807, 2.05) is 45.0 Å². The summed E-state index contributed by atoms with van der Waals surface area (Å²) in [6.45, 7) is 6.03. The molecule has 0 aliphatic carbocycles. The van der Waals surface area contributed by atoms with Crippen LogP contribution in [-0.4, -0.2) is 19.2 Å². The van der Waals surface area contributed by atoms with Gasteiger partial charge in [0.25, 0.3) is 0 Å². The standard InChI is InChI=1S/C16H23IO3/c1-5-14(20-15(18)10-11(2)3)16(19-4)12-8-6-7-9-13(12)17/h6-9,11,14,16H,5,10H2,1-4H3/t14-,16-/m0/s1. The molecular weight excluding hydrogens is 367 g/mol. The third kappa shape index (κ3) is 5.05. The summed E-state index contributed by atoms with van der Waals surface area (Å²) >= 11 is 2.28. The van der Waals surface area contributed by atoms with Crippen molar-refractivity contribution in [2.75, 3.05) is 7.11 Å². The molecule has 0 aromatic heterocycles. The second kappa shape index (κ2) is 8.62. The number of hydrogen-bond donors (Lipinski definition) is 0. The maximum atomic E-state index is 11.9. The zero-order valence-electron chi connectivity index (χ0n) is 12.6. The highest BCUT2D eigenvalue weighted by Gasteiger charge is 2.26. The lowest BCUT2D eigenvalue weighted by molar-refractivity contribution is -0.158. The quantitative estimate of drug-likeness (QED) is 0.513. The number of halogens is 1. The van der Waals surface area contributed by atoms with Crippen LogP contribution in [0.2, 0.25) is 0 Å². The molecule has 4 heteroatoms. The van der Waals surface area contributed by atoms with E-state index in [9.17, 15) is 4.79 Å². The highest BCUT2D eigenvalue weighted by Crippen LogP contribution is 2.29. The van der Waals surface area contributed by atoms with Crippen LogP contribution >= 0.6 is 22.6 Å². The molecule has 112 valence electrons. The van der Waals surface area contributed by atoms with E-state index in [1.54, 1.807) is 7.11 Å². The Labute approximate surface area is 135 Å². The van der Waals surface area contributed by atoms with Crippen LogP contribution in [-0.2, 0) is 14.3 Å². The summed E-state index contributed by atoms with van der Waals surface area (Å²) in [6.07, 6.45) is 0.706. The van der Waals surface area contributed by atoms with Crippen molar-refractivity contribution in [1.29, 1.82) is 0 Å². The Hall–Kier alpha value is -0.620. The van der Waals surface area contributed by atoms with E-state index in [4.69, 9.17) is 9.47 Å². The molecule has 0 saturated heterocycles. The van der Waals surface area contributed by atoms with E-state index in [0.29, 0.717) is 12.3 Å². The van der Waals surface area contributed by atoms with Crippen molar-refractivity contribution in [3.63, 3.8) is 0 Å². The van der Waals surface area contributed by atoms with Crippen molar-refractivity contribution < 1.29 is 14.3 Å². The lowest BCUT2D eigenvalue weighted by Crippen LogP contribution is -2.27. The van der Waals surface area contributed by atoms with Crippen molar-refractivity contribution in [3.8, 4) is 0 Å². The smallest absolute Gasteiger partial charge is 0.306 e. The Balaban J connectivity index is 2.85. The molecule has 0 amide bonds. The zero-order chi connectivity index (χ0) is 15.1. The van der Waals surface area contributed by atoms with Crippen LogP contribution in [0.5, 0.6) is 0 Å². The summed E-state index contributed by atoms with van der Waals surface area (Å²) in [5.41, 5.74) is 1.07. The van der Waals surface area contributed by atoms with Crippen LogP contribution in [0.4, 0.5) is 0 Å². The van der Waals surface area contributed by atoms with Crippen molar-refractivity contribution in [2.24, 2.45) is 5.92 Å². The third-order valence-corrected chi connectivity index (χ3v) is 4.05. The molecule has 0 heterocycles. The van der Waals surface area contributed by atoms with Crippen LogP contribution in [0.25, 0.3) is 0 Å². The average molecular weight is 390 g/mol. The largest absolute Gasteiger partial charge is 0.459 e. The molecule has 1 aromatic carbocycles. The summed E-state index contributed by atoms with van der Waals surface area (Å²) in [7, 11) is 1.66. The molecule has 0 radical (unpaired) electrons. The minimum atomic E-state index is -0.248. The zero-order valence-corrected chi connectivity index (χ0v) is 14.7. The second-order valence-corrected chi connectivity index (χ2v) is 6.37. The SMILES string of the molecule is CC[C@H](OC(=O)CC(C)C)[C@@H](OC)c1ccccc1I. The van der Waals surface area contributed by atoms with Crippen molar-refractivity contribution in [1.82, 2.24) is 0 Å². The maximum Gasteiger partial charge on any atom is 0.306 e. The molecule has 0 saturated carbocycles. The first kappa shape index (κ1) is 17.4. The molecular formula is C16H23IO3. The van der Waals surface area contributed by atoms with Gasteiger partial charge in [-0.1, -0.05) is 39.0 Å².